The van der Waals surface area contributed by atoms with Crippen LogP contribution in [0.5, 0.6) is 0 Å². The Labute approximate surface area is 160 Å². The summed E-state index contributed by atoms with van der Waals surface area (Å²) in [6, 6.07) is 0.0658. The van der Waals surface area contributed by atoms with E-state index in [-0.39, 0.29) is 36.7 Å². The summed E-state index contributed by atoms with van der Waals surface area (Å²) in [6.07, 6.45) is -4.63. The molecule has 1 aromatic carbocycles. The van der Waals surface area contributed by atoms with Crippen LogP contribution in [0.4, 0.5) is 32.4 Å². The van der Waals surface area contributed by atoms with Crippen LogP contribution < -0.4 is 10.6 Å². The first kappa shape index (κ1) is 20.5. The lowest BCUT2D eigenvalue weighted by Crippen LogP contribution is -2.44. The monoisotopic (exact) mass is 418 g/mol. The van der Waals surface area contributed by atoms with Gasteiger partial charge >= 0.3 is 12.2 Å². The van der Waals surface area contributed by atoms with Crippen LogP contribution in [0.25, 0.3) is 0 Å². The summed E-state index contributed by atoms with van der Waals surface area (Å²) in [5.74, 6) is -3.28. The first-order valence-corrected chi connectivity index (χ1v) is 8.37. The number of nitrogens with zero attached hydrogens (tertiary/aromatic N) is 4. The topological polar surface area (TPSA) is 92.2 Å². The third kappa shape index (κ3) is 4.43. The number of rotatable bonds is 3. The maximum atomic E-state index is 13.3. The predicted molar refractivity (Wildman–Crippen MR) is 88.8 cm³/mol. The molecule has 0 spiro atoms. The van der Waals surface area contributed by atoms with Crippen molar-refractivity contribution in [3.63, 3.8) is 0 Å². The van der Waals surface area contributed by atoms with Crippen molar-refractivity contribution in [1.82, 2.24) is 25.2 Å². The minimum atomic E-state index is -4.63. The third-order valence-electron chi connectivity index (χ3n) is 4.27. The number of hydrogen-bond acceptors (Lipinski definition) is 4. The molecule has 1 aliphatic heterocycles. The Morgan fingerprint density at radius 2 is 1.90 bits per heavy atom. The van der Waals surface area contributed by atoms with Crippen LogP contribution in [0.1, 0.15) is 23.1 Å². The van der Waals surface area contributed by atoms with Gasteiger partial charge in [0.1, 0.15) is 6.04 Å². The van der Waals surface area contributed by atoms with Gasteiger partial charge in [-0.3, -0.25) is 4.79 Å². The normalized spacial score (nSPS) is 14.9. The van der Waals surface area contributed by atoms with Gasteiger partial charge in [0.15, 0.2) is 17.3 Å². The highest BCUT2D eigenvalue weighted by molar-refractivity contribution is 5.94. The summed E-state index contributed by atoms with van der Waals surface area (Å²) >= 11 is 0. The summed E-state index contributed by atoms with van der Waals surface area (Å²) in [6.45, 7) is 0.933. The molecule has 29 heavy (non-hydrogen) atoms. The molecule has 2 heterocycles. The molecule has 3 amide bonds. The average Bonchev–Trinajstić information content (AvgIpc) is 3.07. The molecule has 2 N–H and O–H groups in total. The first-order valence-electron chi connectivity index (χ1n) is 8.37. The van der Waals surface area contributed by atoms with Gasteiger partial charge in [-0.1, -0.05) is 5.21 Å². The fourth-order valence-corrected chi connectivity index (χ4v) is 2.62. The Kier molecular flexibility index (Phi) is 5.40. The van der Waals surface area contributed by atoms with Gasteiger partial charge in [-0.25, -0.2) is 18.3 Å². The Morgan fingerprint density at radius 3 is 2.55 bits per heavy atom. The van der Waals surface area contributed by atoms with Crippen molar-refractivity contribution in [3.05, 3.63) is 41.2 Å². The van der Waals surface area contributed by atoms with Crippen molar-refractivity contribution in [3.8, 4) is 0 Å². The average molecular weight is 418 g/mol. The van der Waals surface area contributed by atoms with Crippen LogP contribution in [0.2, 0.25) is 0 Å². The molecule has 1 aromatic heterocycles. The van der Waals surface area contributed by atoms with E-state index in [1.807, 2.05) is 0 Å². The van der Waals surface area contributed by atoms with Gasteiger partial charge in [-0.2, -0.15) is 13.2 Å². The molecule has 0 saturated carbocycles. The van der Waals surface area contributed by atoms with E-state index in [0.717, 1.165) is 19.1 Å². The lowest BCUT2D eigenvalue weighted by atomic mass is 10.2. The van der Waals surface area contributed by atoms with Crippen molar-refractivity contribution in [2.45, 2.75) is 32.2 Å². The molecule has 3 rings (SSSR count). The molecule has 0 saturated heterocycles. The molecule has 1 aliphatic rings. The molecule has 8 nitrogen and oxygen atoms in total. The van der Waals surface area contributed by atoms with E-state index < -0.39 is 35.8 Å². The molecule has 0 radical (unpaired) electrons. The molecular weight excluding hydrogens is 403 g/mol. The number of nitrogens with one attached hydrogen (secondary N) is 2. The lowest BCUT2D eigenvalue weighted by Gasteiger charge is -2.28. The van der Waals surface area contributed by atoms with Crippen LogP contribution >= 0.6 is 0 Å². The van der Waals surface area contributed by atoms with Gasteiger partial charge in [0.05, 0.1) is 18.8 Å². The maximum absolute atomic E-state index is 13.3. The van der Waals surface area contributed by atoms with Gasteiger partial charge in [0.25, 0.3) is 5.91 Å². The van der Waals surface area contributed by atoms with Gasteiger partial charge in [-0.15, -0.1) is 5.10 Å². The van der Waals surface area contributed by atoms with Crippen LogP contribution in [-0.4, -0.2) is 50.6 Å². The number of carbonyl (C=O) groups is 2. The lowest BCUT2D eigenvalue weighted by molar-refractivity contribution is -0.149. The SMILES string of the molecule is C[C@@H](NC(=O)c1nnn2c1CN(C(=O)Nc1ccc(F)c(F)c1)CC2)C(F)(F)F. The number of fused-ring (bicyclic) bond motifs is 1. The number of carbonyl (C=O) groups excluding carboxylic acids is 2. The van der Waals surface area contributed by atoms with Crippen LogP contribution in [0.15, 0.2) is 18.2 Å². The quantitative estimate of drug-likeness (QED) is 0.749. The second-order valence-corrected chi connectivity index (χ2v) is 6.33. The van der Waals surface area contributed by atoms with Gasteiger partial charge in [0, 0.05) is 18.3 Å². The fraction of sp³-hybridized carbons (Fsp3) is 0.375. The van der Waals surface area contributed by atoms with Gasteiger partial charge < -0.3 is 15.5 Å². The van der Waals surface area contributed by atoms with Crippen molar-refractivity contribution in [1.29, 1.82) is 0 Å². The van der Waals surface area contributed by atoms with E-state index in [9.17, 15) is 31.5 Å². The molecule has 2 aromatic rings. The molecule has 0 aliphatic carbocycles. The zero-order valence-corrected chi connectivity index (χ0v) is 14.9. The fourth-order valence-electron chi connectivity index (χ4n) is 2.62. The van der Waals surface area contributed by atoms with E-state index in [1.165, 1.54) is 15.6 Å². The van der Waals surface area contributed by atoms with E-state index in [4.69, 9.17) is 0 Å². The summed E-state index contributed by atoms with van der Waals surface area (Å²) in [5.41, 5.74) is -0.155. The zero-order chi connectivity index (χ0) is 21.3. The zero-order valence-electron chi connectivity index (χ0n) is 14.9. The molecular formula is C16H15F5N6O2. The maximum Gasteiger partial charge on any atom is 0.408 e. The second kappa shape index (κ2) is 7.64. The number of alkyl halides is 3. The van der Waals surface area contributed by atoms with Crippen molar-refractivity contribution in [2.75, 3.05) is 11.9 Å². The highest BCUT2D eigenvalue weighted by atomic mass is 19.4. The highest BCUT2D eigenvalue weighted by Crippen LogP contribution is 2.21. The van der Waals surface area contributed by atoms with Crippen LogP contribution in [0.3, 0.4) is 0 Å². The summed E-state index contributed by atoms with van der Waals surface area (Å²) in [5, 5.41) is 11.5. The van der Waals surface area contributed by atoms with Crippen LogP contribution in [-0.2, 0) is 13.1 Å². The largest absolute Gasteiger partial charge is 0.408 e. The first-order chi connectivity index (χ1) is 13.6. The number of amides is 3. The summed E-state index contributed by atoms with van der Waals surface area (Å²) in [7, 11) is 0. The Morgan fingerprint density at radius 1 is 1.17 bits per heavy atom. The van der Waals surface area contributed by atoms with Gasteiger partial charge in [0.2, 0.25) is 0 Å². The minimum absolute atomic E-state index is 0.0167. The van der Waals surface area contributed by atoms with E-state index in [1.54, 1.807) is 5.32 Å². The van der Waals surface area contributed by atoms with Crippen molar-refractivity contribution < 1.29 is 31.5 Å². The van der Waals surface area contributed by atoms with Crippen molar-refractivity contribution >= 4 is 17.6 Å². The number of halogens is 5. The Bertz CT molecular complexity index is 944. The standard InChI is InChI=1S/C16H15F5N6O2/c1-8(16(19,20)21)22-14(28)13-12-7-26(4-5-27(12)25-24-13)15(29)23-9-2-3-10(17)11(18)6-9/h2-3,6,8H,4-5,7H2,1H3,(H,22,28)(H,23,29)/t8-/m1/s1. The van der Waals surface area contributed by atoms with Gasteiger partial charge in [-0.05, 0) is 19.1 Å². The third-order valence-corrected chi connectivity index (χ3v) is 4.27. The molecule has 0 fully saturated rings. The molecule has 0 unspecified atom stereocenters. The van der Waals surface area contributed by atoms with Crippen LogP contribution in [0, 0.1) is 11.6 Å². The summed E-state index contributed by atoms with van der Waals surface area (Å²) in [4.78, 5) is 25.8. The number of aromatic nitrogens is 3. The minimum Gasteiger partial charge on any atom is -0.339 e. The Balaban J connectivity index is 1.71. The highest BCUT2D eigenvalue weighted by Gasteiger charge is 2.38. The molecule has 1 atom stereocenters. The summed E-state index contributed by atoms with van der Waals surface area (Å²) < 4.78 is 65.5. The number of anilines is 1. The smallest absolute Gasteiger partial charge is 0.339 e. The van der Waals surface area contributed by atoms with Crippen molar-refractivity contribution in [2.24, 2.45) is 0 Å². The molecule has 156 valence electrons. The van der Waals surface area contributed by atoms with E-state index in [0.29, 0.717) is 0 Å². The predicted octanol–water partition coefficient (Wildman–Crippen LogP) is 2.28. The number of urea groups is 1. The second-order valence-electron chi connectivity index (χ2n) is 6.33. The molecule has 0 bridgehead atoms. The molecule has 13 heteroatoms. The van der Waals surface area contributed by atoms with E-state index >= 15 is 0 Å². The number of benzene rings is 1. The Hall–Kier alpha value is -3.25. The number of hydrogen-bond donors (Lipinski definition) is 2. The van der Waals surface area contributed by atoms with E-state index in [2.05, 4.69) is 15.6 Å².